The summed E-state index contributed by atoms with van der Waals surface area (Å²) in [5, 5.41) is 12.6. The Balaban J connectivity index is 2.16. The number of hydrogen-bond acceptors (Lipinski definition) is 3. The van der Waals surface area contributed by atoms with Gasteiger partial charge < -0.3 is 15.2 Å². The molecule has 1 rings (SSSR count). The van der Waals surface area contributed by atoms with Gasteiger partial charge in [-0.2, -0.15) is 0 Å². The maximum atomic E-state index is 11.7. The molecule has 0 aromatic rings. The maximum absolute atomic E-state index is 11.7. The van der Waals surface area contributed by atoms with Crippen molar-refractivity contribution in [1.29, 1.82) is 0 Å². The standard InChI is InChI=1S/C14H27NO3/c1-14(2,3)9-11(16)10-15-13(17)8-12-6-4-5-7-18-12/h11-12,16H,4-10H2,1-3H3,(H,15,17). The van der Waals surface area contributed by atoms with Crippen LogP contribution in [-0.4, -0.2) is 36.4 Å². The largest absolute Gasteiger partial charge is 0.391 e. The van der Waals surface area contributed by atoms with Crippen LogP contribution in [0.25, 0.3) is 0 Å². The Morgan fingerprint density at radius 2 is 2.17 bits per heavy atom. The van der Waals surface area contributed by atoms with E-state index >= 15 is 0 Å². The summed E-state index contributed by atoms with van der Waals surface area (Å²) >= 11 is 0. The van der Waals surface area contributed by atoms with Gasteiger partial charge in [0.25, 0.3) is 0 Å². The fourth-order valence-corrected chi connectivity index (χ4v) is 2.26. The zero-order chi connectivity index (χ0) is 13.6. The number of carbonyl (C=O) groups excluding carboxylic acids is 1. The lowest BCUT2D eigenvalue weighted by Crippen LogP contribution is -2.36. The minimum atomic E-state index is -0.471. The van der Waals surface area contributed by atoms with Crippen molar-refractivity contribution >= 4 is 5.91 Å². The van der Waals surface area contributed by atoms with E-state index in [4.69, 9.17) is 4.74 Å². The number of ether oxygens (including phenoxy) is 1. The summed E-state index contributed by atoms with van der Waals surface area (Å²) in [7, 11) is 0. The Bertz CT molecular complexity index is 254. The fourth-order valence-electron chi connectivity index (χ4n) is 2.26. The summed E-state index contributed by atoms with van der Waals surface area (Å²) in [5.41, 5.74) is 0.0800. The number of hydrogen-bond donors (Lipinski definition) is 2. The maximum Gasteiger partial charge on any atom is 0.222 e. The van der Waals surface area contributed by atoms with E-state index in [0.29, 0.717) is 19.4 Å². The summed E-state index contributed by atoms with van der Waals surface area (Å²) in [6.07, 6.45) is 3.92. The molecule has 0 aromatic carbocycles. The average Bonchev–Trinajstić information content (AvgIpc) is 2.25. The average molecular weight is 257 g/mol. The Morgan fingerprint density at radius 1 is 1.44 bits per heavy atom. The van der Waals surface area contributed by atoms with Gasteiger partial charge in [-0.3, -0.25) is 4.79 Å². The highest BCUT2D eigenvalue weighted by Gasteiger charge is 2.20. The van der Waals surface area contributed by atoms with E-state index in [1.807, 2.05) is 0 Å². The number of carbonyl (C=O) groups is 1. The summed E-state index contributed by atoms with van der Waals surface area (Å²) in [6.45, 7) is 7.34. The predicted octanol–water partition coefficient (Wildman–Crippen LogP) is 1.86. The molecule has 106 valence electrons. The number of amides is 1. The highest BCUT2D eigenvalue weighted by molar-refractivity contribution is 5.76. The van der Waals surface area contributed by atoms with Crippen LogP contribution in [0.15, 0.2) is 0 Å². The molecule has 1 amide bonds. The van der Waals surface area contributed by atoms with Crippen LogP contribution in [0.2, 0.25) is 0 Å². The first-order valence-corrected chi connectivity index (χ1v) is 6.93. The van der Waals surface area contributed by atoms with Crippen molar-refractivity contribution in [2.75, 3.05) is 13.2 Å². The van der Waals surface area contributed by atoms with Crippen LogP contribution < -0.4 is 5.32 Å². The molecule has 0 saturated carbocycles. The van der Waals surface area contributed by atoms with E-state index in [1.54, 1.807) is 0 Å². The van der Waals surface area contributed by atoms with Crippen LogP contribution in [-0.2, 0) is 9.53 Å². The molecule has 1 aliphatic heterocycles. The van der Waals surface area contributed by atoms with Crippen molar-refractivity contribution in [2.45, 2.75) is 65.1 Å². The molecule has 0 bridgehead atoms. The Morgan fingerprint density at radius 3 is 2.72 bits per heavy atom. The van der Waals surface area contributed by atoms with Gasteiger partial charge in [0.2, 0.25) is 5.91 Å². The molecule has 1 fully saturated rings. The van der Waals surface area contributed by atoms with E-state index in [-0.39, 0.29) is 17.4 Å². The highest BCUT2D eigenvalue weighted by atomic mass is 16.5. The number of aliphatic hydroxyl groups excluding tert-OH is 1. The molecular weight excluding hydrogens is 230 g/mol. The van der Waals surface area contributed by atoms with Crippen LogP contribution in [0.3, 0.4) is 0 Å². The van der Waals surface area contributed by atoms with Crippen molar-refractivity contribution in [3.63, 3.8) is 0 Å². The lowest BCUT2D eigenvalue weighted by molar-refractivity contribution is -0.125. The zero-order valence-corrected chi connectivity index (χ0v) is 11.9. The summed E-state index contributed by atoms with van der Waals surface area (Å²) in [4.78, 5) is 11.7. The van der Waals surface area contributed by atoms with Gasteiger partial charge in [0, 0.05) is 13.2 Å². The monoisotopic (exact) mass is 257 g/mol. The molecule has 2 N–H and O–H groups in total. The van der Waals surface area contributed by atoms with E-state index in [1.165, 1.54) is 0 Å². The van der Waals surface area contributed by atoms with Gasteiger partial charge in [-0.15, -0.1) is 0 Å². The second-order valence-electron chi connectivity index (χ2n) is 6.42. The number of nitrogens with one attached hydrogen (secondary N) is 1. The van der Waals surface area contributed by atoms with Crippen LogP contribution >= 0.6 is 0 Å². The second-order valence-corrected chi connectivity index (χ2v) is 6.42. The van der Waals surface area contributed by atoms with Crippen LogP contribution in [0.4, 0.5) is 0 Å². The first-order valence-electron chi connectivity index (χ1n) is 6.93. The van der Waals surface area contributed by atoms with E-state index in [2.05, 4.69) is 26.1 Å². The lowest BCUT2D eigenvalue weighted by atomic mass is 9.89. The summed E-state index contributed by atoms with van der Waals surface area (Å²) in [6, 6.07) is 0. The SMILES string of the molecule is CC(C)(C)CC(O)CNC(=O)CC1CCCCO1. The minimum Gasteiger partial charge on any atom is -0.391 e. The molecule has 1 heterocycles. The Kier molecular flexibility index (Phi) is 6.09. The summed E-state index contributed by atoms with van der Waals surface area (Å²) in [5.74, 6) is -0.0186. The Labute approximate surface area is 110 Å². The number of rotatable bonds is 5. The van der Waals surface area contributed by atoms with Crippen LogP contribution in [0.1, 0.15) is 52.9 Å². The topological polar surface area (TPSA) is 58.6 Å². The van der Waals surface area contributed by atoms with Crippen molar-refractivity contribution in [3.8, 4) is 0 Å². The molecule has 1 saturated heterocycles. The molecule has 0 aliphatic carbocycles. The first-order chi connectivity index (χ1) is 8.37. The van der Waals surface area contributed by atoms with Crippen LogP contribution in [0, 0.1) is 5.41 Å². The first kappa shape index (κ1) is 15.4. The van der Waals surface area contributed by atoms with Gasteiger partial charge in [0.05, 0.1) is 18.6 Å². The molecule has 0 radical (unpaired) electrons. The zero-order valence-electron chi connectivity index (χ0n) is 11.9. The molecule has 2 unspecified atom stereocenters. The molecule has 1 aliphatic rings. The van der Waals surface area contributed by atoms with E-state index in [9.17, 15) is 9.90 Å². The smallest absolute Gasteiger partial charge is 0.222 e. The third kappa shape index (κ3) is 6.97. The van der Waals surface area contributed by atoms with Crippen molar-refractivity contribution in [1.82, 2.24) is 5.32 Å². The van der Waals surface area contributed by atoms with Crippen LogP contribution in [0.5, 0.6) is 0 Å². The molecule has 4 heteroatoms. The Hall–Kier alpha value is -0.610. The highest BCUT2D eigenvalue weighted by Crippen LogP contribution is 2.20. The van der Waals surface area contributed by atoms with Gasteiger partial charge in [0.1, 0.15) is 0 Å². The lowest BCUT2D eigenvalue weighted by Gasteiger charge is -2.24. The van der Waals surface area contributed by atoms with Crippen molar-refractivity contribution < 1.29 is 14.6 Å². The number of aliphatic hydroxyl groups is 1. The predicted molar refractivity (Wildman–Crippen MR) is 71.3 cm³/mol. The summed E-state index contributed by atoms with van der Waals surface area (Å²) < 4.78 is 5.51. The quantitative estimate of drug-likeness (QED) is 0.790. The third-order valence-corrected chi connectivity index (χ3v) is 3.07. The fraction of sp³-hybridized carbons (Fsp3) is 0.929. The van der Waals surface area contributed by atoms with Gasteiger partial charge in [-0.05, 0) is 31.1 Å². The van der Waals surface area contributed by atoms with E-state index in [0.717, 1.165) is 25.9 Å². The van der Waals surface area contributed by atoms with E-state index < -0.39 is 6.10 Å². The molecule has 4 nitrogen and oxygen atoms in total. The minimum absolute atomic E-state index is 0.0186. The molecule has 2 atom stereocenters. The van der Waals surface area contributed by atoms with Gasteiger partial charge >= 0.3 is 0 Å². The molecule has 0 spiro atoms. The third-order valence-electron chi connectivity index (χ3n) is 3.07. The molecule has 18 heavy (non-hydrogen) atoms. The van der Waals surface area contributed by atoms with Gasteiger partial charge in [-0.25, -0.2) is 0 Å². The van der Waals surface area contributed by atoms with Gasteiger partial charge in [0.15, 0.2) is 0 Å². The molecular formula is C14H27NO3. The van der Waals surface area contributed by atoms with Crippen molar-refractivity contribution in [3.05, 3.63) is 0 Å². The normalized spacial score (nSPS) is 22.6. The molecule has 0 aromatic heterocycles. The van der Waals surface area contributed by atoms with Gasteiger partial charge in [-0.1, -0.05) is 20.8 Å². The second kappa shape index (κ2) is 7.10. The van der Waals surface area contributed by atoms with Crippen molar-refractivity contribution in [2.24, 2.45) is 5.41 Å².